The van der Waals surface area contributed by atoms with Gasteiger partial charge in [0.15, 0.2) is 10.2 Å². The molecule has 9 heteroatoms. The van der Waals surface area contributed by atoms with Crippen LogP contribution >= 0.6 is 46.8 Å². The number of thiocarbonyl (C=S) groups is 1. The van der Waals surface area contributed by atoms with Crippen molar-refractivity contribution in [2.45, 2.75) is 6.92 Å². The average Bonchev–Trinajstić information content (AvgIpc) is 3.34. The number of benzene rings is 2. The molecule has 1 amide bonds. The van der Waals surface area contributed by atoms with Gasteiger partial charge in [0.25, 0.3) is 0 Å². The van der Waals surface area contributed by atoms with E-state index in [0.717, 1.165) is 15.8 Å². The molecule has 0 radical (unpaired) electrons. The molecule has 4 aromatic rings. The summed E-state index contributed by atoms with van der Waals surface area (Å²) in [5.74, 6) is 0.644. The predicted molar refractivity (Wildman–Crippen MR) is 132 cm³/mol. The van der Waals surface area contributed by atoms with Crippen molar-refractivity contribution in [2.24, 2.45) is 0 Å². The largest absolute Gasteiger partial charge is 0.457 e. The summed E-state index contributed by atoms with van der Waals surface area (Å²) in [6, 6.07) is 14.8. The van der Waals surface area contributed by atoms with Gasteiger partial charge in [-0.15, -0.1) is 0 Å². The minimum atomic E-state index is -0.395. The Balaban J connectivity index is 1.37. The van der Waals surface area contributed by atoms with Gasteiger partial charge >= 0.3 is 0 Å². The Morgan fingerprint density at radius 1 is 1.19 bits per heavy atom. The SMILES string of the molecule is Cc1ccc2nc(NC(=S)NC(=O)C=Cc3ccc(-c4cccc(Cl)c4Cl)o3)sc2c1. The van der Waals surface area contributed by atoms with E-state index < -0.39 is 5.91 Å². The summed E-state index contributed by atoms with van der Waals surface area (Å²) in [5, 5.41) is 7.16. The number of amides is 1. The number of fused-ring (bicyclic) bond motifs is 1. The van der Waals surface area contributed by atoms with Gasteiger partial charge in [0.1, 0.15) is 11.5 Å². The van der Waals surface area contributed by atoms with Crippen LogP contribution in [0.1, 0.15) is 11.3 Å². The van der Waals surface area contributed by atoms with Gasteiger partial charge in [-0.1, -0.05) is 46.7 Å². The molecule has 0 fully saturated rings. The van der Waals surface area contributed by atoms with E-state index in [4.69, 9.17) is 39.8 Å². The zero-order valence-electron chi connectivity index (χ0n) is 16.1. The summed E-state index contributed by atoms with van der Waals surface area (Å²) < 4.78 is 6.78. The minimum Gasteiger partial charge on any atom is -0.457 e. The molecule has 0 saturated heterocycles. The second kappa shape index (κ2) is 9.20. The number of rotatable bonds is 4. The third kappa shape index (κ3) is 5.14. The lowest BCUT2D eigenvalue weighted by molar-refractivity contribution is -0.115. The highest BCUT2D eigenvalue weighted by Crippen LogP contribution is 2.34. The van der Waals surface area contributed by atoms with E-state index in [1.807, 2.05) is 19.1 Å². The summed E-state index contributed by atoms with van der Waals surface area (Å²) >= 11 is 18.9. The Morgan fingerprint density at radius 2 is 2.03 bits per heavy atom. The Kier molecular flexibility index (Phi) is 6.38. The number of carbonyl (C=O) groups excluding carboxylic acids is 1. The van der Waals surface area contributed by atoms with Gasteiger partial charge in [0.2, 0.25) is 5.91 Å². The number of carbonyl (C=O) groups is 1. The number of halogens is 2. The molecule has 31 heavy (non-hydrogen) atoms. The Bertz CT molecular complexity index is 1330. The summed E-state index contributed by atoms with van der Waals surface area (Å²) in [6.45, 7) is 2.02. The monoisotopic (exact) mass is 487 g/mol. The number of hydrogen-bond donors (Lipinski definition) is 2. The quantitative estimate of drug-likeness (QED) is 0.247. The minimum absolute atomic E-state index is 0.163. The van der Waals surface area contributed by atoms with Gasteiger partial charge < -0.3 is 9.73 Å². The third-order valence-corrected chi connectivity index (χ3v) is 6.20. The third-order valence-electron chi connectivity index (χ3n) is 4.24. The Labute approximate surface area is 197 Å². The first-order chi connectivity index (χ1) is 14.9. The maximum atomic E-state index is 12.2. The van der Waals surface area contributed by atoms with E-state index >= 15 is 0 Å². The first kappa shape index (κ1) is 21.5. The Hall–Kier alpha value is -2.71. The number of aryl methyl sites for hydroxylation is 1. The molecular weight excluding hydrogens is 473 g/mol. The van der Waals surface area contributed by atoms with E-state index in [1.165, 1.54) is 17.4 Å². The number of aromatic nitrogens is 1. The summed E-state index contributed by atoms with van der Waals surface area (Å²) in [6.07, 6.45) is 2.87. The summed E-state index contributed by atoms with van der Waals surface area (Å²) in [7, 11) is 0. The fourth-order valence-electron chi connectivity index (χ4n) is 2.81. The molecular formula is C22H15Cl2N3O2S2. The fraction of sp³-hybridized carbons (Fsp3) is 0.0455. The van der Waals surface area contributed by atoms with E-state index in [0.29, 0.717) is 32.3 Å². The predicted octanol–water partition coefficient (Wildman–Crippen LogP) is 6.70. The van der Waals surface area contributed by atoms with Crippen LogP contribution in [-0.2, 0) is 4.79 Å². The van der Waals surface area contributed by atoms with E-state index in [2.05, 4.69) is 21.7 Å². The van der Waals surface area contributed by atoms with Crippen LogP contribution in [0.2, 0.25) is 10.0 Å². The van der Waals surface area contributed by atoms with Crippen molar-refractivity contribution >= 4 is 79.2 Å². The molecule has 2 heterocycles. The molecule has 2 N–H and O–H groups in total. The zero-order chi connectivity index (χ0) is 22.0. The van der Waals surface area contributed by atoms with Crippen molar-refractivity contribution in [3.63, 3.8) is 0 Å². The lowest BCUT2D eigenvalue weighted by Crippen LogP contribution is -2.32. The van der Waals surface area contributed by atoms with Crippen LogP contribution in [-0.4, -0.2) is 16.0 Å². The normalized spacial score (nSPS) is 11.2. The molecule has 0 spiro atoms. The van der Waals surface area contributed by atoms with E-state index in [9.17, 15) is 4.79 Å². The van der Waals surface area contributed by atoms with E-state index in [-0.39, 0.29) is 5.11 Å². The highest BCUT2D eigenvalue weighted by molar-refractivity contribution is 7.80. The standard InChI is InChI=1S/C22H15Cl2N3O2S2/c1-12-5-8-16-18(11-12)31-22(25-16)27-21(30)26-19(28)10-7-13-6-9-17(29-13)14-3-2-4-15(23)20(14)24/h2-11H,1H3,(H2,25,26,27,28,30). The number of nitrogens with zero attached hydrogens (tertiary/aromatic N) is 1. The molecule has 0 atom stereocenters. The summed E-state index contributed by atoms with van der Waals surface area (Å²) in [4.78, 5) is 16.6. The van der Waals surface area contributed by atoms with Crippen LogP contribution in [0.25, 0.3) is 27.6 Å². The molecule has 0 aliphatic rings. The maximum Gasteiger partial charge on any atom is 0.250 e. The molecule has 0 unspecified atom stereocenters. The molecule has 0 aliphatic carbocycles. The number of anilines is 1. The van der Waals surface area contributed by atoms with Crippen LogP contribution in [0.15, 0.2) is 59.0 Å². The number of furan rings is 1. The van der Waals surface area contributed by atoms with Crippen molar-refractivity contribution < 1.29 is 9.21 Å². The van der Waals surface area contributed by atoms with Crippen LogP contribution in [0, 0.1) is 6.92 Å². The fourth-order valence-corrected chi connectivity index (χ4v) is 4.43. The van der Waals surface area contributed by atoms with Gasteiger partial charge in [0, 0.05) is 11.6 Å². The lowest BCUT2D eigenvalue weighted by atomic mass is 10.2. The van der Waals surface area contributed by atoms with Crippen LogP contribution in [0.3, 0.4) is 0 Å². The van der Waals surface area contributed by atoms with Crippen molar-refractivity contribution in [1.29, 1.82) is 0 Å². The first-order valence-corrected chi connectivity index (χ1v) is 11.1. The molecule has 0 aliphatic heterocycles. The smallest absolute Gasteiger partial charge is 0.250 e. The van der Waals surface area contributed by atoms with Gasteiger partial charge in [-0.2, -0.15) is 0 Å². The second-order valence-electron chi connectivity index (χ2n) is 6.57. The molecule has 0 saturated carbocycles. The number of nitrogens with one attached hydrogen (secondary N) is 2. The maximum absolute atomic E-state index is 12.2. The second-order valence-corrected chi connectivity index (χ2v) is 8.79. The highest BCUT2D eigenvalue weighted by atomic mass is 35.5. The number of hydrogen-bond acceptors (Lipinski definition) is 5. The van der Waals surface area contributed by atoms with Crippen LogP contribution in [0.4, 0.5) is 5.13 Å². The van der Waals surface area contributed by atoms with Gasteiger partial charge in [-0.05, 0) is 67.2 Å². The molecule has 0 bridgehead atoms. The van der Waals surface area contributed by atoms with Crippen molar-refractivity contribution in [3.8, 4) is 11.3 Å². The topological polar surface area (TPSA) is 67.2 Å². The average molecular weight is 488 g/mol. The molecule has 5 nitrogen and oxygen atoms in total. The molecule has 4 rings (SSSR count). The van der Waals surface area contributed by atoms with Crippen LogP contribution in [0.5, 0.6) is 0 Å². The highest BCUT2D eigenvalue weighted by Gasteiger charge is 2.11. The summed E-state index contributed by atoms with van der Waals surface area (Å²) in [5.41, 5.74) is 2.71. The van der Waals surface area contributed by atoms with Gasteiger partial charge in [-0.3, -0.25) is 10.1 Å². The molecule has 2 aromatic carbocycles. The number of thiazole rings is 1. The van der Waals surface area contributed by atoms with Gasteiger partial charge in [0.05, 0.1) is 20.3 Å². The van der Waals surface area contributed by atoms with Crippen molar-refractivity contribution in [3.05, 3.63) is 76.0 Å². The molecule has 156 valence electrons. The Morgan fingerprint density at radius 3 is 2.87 bits per heavy atom. The van der Waals surface area contributed by atoms with Crippen LogP contribution < -0.4 is 10.6 Å². The van der Waals surface area contributed by atoms with E-state index in [1.54, 1.807) is 36.4 Å². The van der Waals surface area contributed by atoms with Crippen molar-refractivity contribution in [2.75, 3.05) is 5.32 Å². The lowest BCUT2D eigenvalue weighted by Gasteiger charge is -2.04. The molecule has 2 aromatic heterocycles. The first-order valence-electron chi connectivity index (χ1n) is 9.10. The zero-order valence-corrected chi connectivity index (χ0v) is 19.3. The van der Waals surface area contributed by atoms with Crippen molar-refractivity contribution in [1.82, 2.24) is 10.3 Å². The van der Waals surface area contributed by atoms with Gasteiger partial charge in [-0.25, -0.2) is 4.98 Å².